The van der Waals surface area contributed by atoms with Crippen LogP contribution in [0.2, 0.25) is 0 Å². The number of amides is 1. The number of anilines is 3. The SMILES string of the molecule is CC(C)NCCOc1ncc(-c2cc3c4c(cnc3cc2F)N(C)C(=O)C42CN(c3cccnc3)C2)cc1NS(C)(=O)=O.Cl. The summed E-state index contributed by atoms with van der Waals surface area (Å²) in [5.41, 5.74) is 2.62. The van der Waals surface area contributed by atoms with Crippen molar-refractivity contribution in [3.05, 3.63) is 66.5 Å². The fraction of sp³-hybridized carbons (Fsp3) is 0.333. The fourth-order valence-electron chi connectivity index (χ4n) is 5.82. The molecule has 0 radical (unpaired) electrons. The number of sulfonamides is 1. The van der Waals surface area contributed by atoms with E-state index in [1.54, 1.807) is 36.6 Å². The van der Waals surface area contributed by atoms with E-state index in [-0.39, 0.29) is 48.1 Å². The Balaban J connectivity index is 0.00000384. The van der Waals surface area contributed by atoms with E-state index < -0.39 is 21.3 Å². The molecule has 0 atom stereocenters. The first-order valence-corrected chi connectivity index (χ1v) is 15.8. The zero-order valence-electron chi connectivity index (χ0n) is 24.7. The molecule has 1 amide bonds. The zero-order chi connectivity index (χ0) is 30.5. The number of likely N-dealkylation sites (N-methyl/N-ethyl adjacent to an activating group) is 1. The Morgan fingerprint density at radius 1 is 1.14 bits per heavy atom. The molecule has 14 heteroatoms. The van der Waals surface area contributed by atoms with Gasteiger partial charge in [0.25, 0.3) is 0 Å². The molecule has 2 aliphatic rings. The topological polar surface area (TPSA) is 130 Å². The minimum absolute atomic E-state index is 0. The molecule has 1 fully saturated rings. The number of ether oxygens (including phenoxy) is 1. The van der Waals surface area contributed by atoms with Crippen LogP contribution in [0, 0.1) is 5.82 Å². The monoisotopic (exact) mass is 641 g/mol. The van der Waals surface area contributed by atoms with Gasteiger partial charge in [-0.15, -0.1) is 12.4 Å². The smallest absolute Gasteiger partial charge is 0.241 e. The van der Waals surface area contributed by atoms with Crippen molar-refractivity contribution < 1.29 is 22.3 Å². The maximum Gasteiger partial charge on any atom is 0.241 e. The summed E-state index contributed by atoms with van der Waals surface area (Å²) < 4.78 is 48.1. The first-order chi connectivity index (χ1) is 20.5. The Morgan fingerprint density at radius 2 is 1.91 bits per heavy atom. The Kier molecular flexibility index (Phi) is 8.40. The van der Waals surface area contributed by atoms with Crippen LogP contribution >= 0.6 is 12.4 Å². The Morgan fingerprint density at radius 3 is 2.59 bits per heavy atom. The molecule has 11 nitrogen and oxygen atoms in total. The normalized spacial score (nSPS) is 15.4. The van der Waals surface area contributed by atoms with E-state index in [0.29, 0.717) is 41.8 Å². The number of pyridine rings is 3. The van der Waals surface area contributed by atoms with Gasteiger partial charge in [-0.3, -0.25) is 19.5 Å². The largest absolute Gasteiger partial charge is 0.475 e. The molecule has 3 aromatic heterocycles. The van der Waals surface area contributed by atoms with Gasteiger partial charge in [-0.2, -0.15) is 0 Å². The zero-order valence-corrected chi connectivity index (χ0v) is 26.3. The summed E-state index contributed by atoms with van der Waals surface area (Å²) in [7, 11) is -1.96. The van der Waals surface area contributed by atoms with Crippen molar-refractivity contribution in [2.24, 2.45) is 0 Å². The third kappa shape index (κ3) is 5.62. The highest BCUT2D eigenvalue weighted by atomic mass is 35.5. The van der Waals surface area contributed by atoms with Crippen LogP contribution < -0.4 is 24.6 Å². The van der Waals surface area contributed by atoms with Crippen molar-refractivity contribution in [1.29, 1.82) is 0 Å². The summed E-state index contributed by atoms with van der Waals surface area (Å²) in [5, 5.41) is 3.87. The van der Waals surface area contributed by atoms with Crippen molar-refractivity contribution in [3.63, 3.8) is 0 Å². The van der Waals surface area contributed by atoms with Gasteiger partial charge in [0, 0.05) is 73.3 Å². The number of hydrogen-bond donors (Lipinski definition) is 2. The number of aromatic nitrogens is 3. The lowest BCUT2D eigenvalue weighted by Crippen LogP contribution is -2.64. The molecule has 0 saturated carbocycles. The van der Waals surface area contributed by atoms with E-state index in [2.05, 4.69) is 29.9 Å². The van der Waals surface area contributed by atoms with Crippen molar-refractivity contribution in [1.82, 2.24) is 20.3 Å². The highest BCUT2D eigenvalue weighted by Crippen LogP contribution is 2.51. The number of hydrogen-bond acceptors (Lipinski definition) is 9. The van der Waals surface area contributed by atoms with Crippen molar-refractivity contribution in [2.75, 3.05) is 54.1 Å². The molecule has 44 heavy (non-hydrogen) atoms. The van der Waals surface area contributed by atoms with Crippen LogP contribution in [0.5, 0.6) is 5.88 Å². The second kappa shape index (κ2) is 11.8. The van der Waals surface area contributed by atoms with Crippen molar-refractivity contribution in [2.45, 2.75) is 25.3 Å². The highest BCUT2D eigenvalue weighted by molar-refractivity contribution is 7.92. The number of nitrogens with zero attached hydrogens (tertiary/aromatic N) is 5. The van der Waals surface area contributed by atoms with Gasteiger partial charge in [-0.1, -0.05) is 13.8 Å². The Labute approximate surface area is 261 Å². The van der Waals surface area contributed by atoms with E-state index in [1.807, 2.05) is 26.0 Å². The van der Waals surface area contributed by atoms with Gasteiger partial charge >= 0.3 is 0 Å². The third-order valence-electron chi connectivity index (χ3n) is 7.77. The van der Waals surface area contributed by atoms with E-state index in [9.17, 15) is 13.2 Å². The minimum Gasteiger partial charge on any atom is -0.475 e. The molecular weight excluding hydrogens is 609 g/mol. The quantitative estimate of drug-likeness (QED) is 0.263. The molecule has 1 saturated heterocycles. The van der Waals surface area contributed by atoms with Crippen LogP contribution in [0.25, 0.3) is 22.0 Å². The van der Waals surface area contributed by atoms with E-state index in [4.69, 9.17) is 4.74 Å². The molecule has 232 valence electrons. The number of benzene rings is 1. The van der Waals surface area contributed by atoms with Gasteiger partial charge < -0.3 is 19.9 Å². The molecule has 4 aromatic rings. The predicted octanol–water partition coefficient (Wildman–Crippen LogP) is 3.74. The second-order valence-corrected chi connectivity index (χ2v) is 13.0. The molecule has 0 bridgehead atoms. The number of carbonyl (C=O) groups is 1. The summed E-state index contributed by atoms with van der Waals surface area (Å²) in [5.74, 6) is -0.517. The summed E-state index contributed by atoms with van der Waals surface area (Å²) >= 11 is 0. The molecule has 5 heterocycles. The lowest BCUT2D eigenvalue weighted by Gasteiger charge is -2.48. The van der Waals surface area contributed by atoms with Gasteiger partial charge in [-0.05, 0) is 24.3 Å². The van der Waals surface area contributed by atoms with E-state index >= 15 is 4.39 Å². The van der Waals surface area contributed by atoms with Crippen LogP contribution in [-0.2, 0) is 20.2 Å². The van der Waals surface area contributed by atoms with E-state index in [1.165, 1.54) is 18.3 Å². The molecule has 0 unspecified atom stereocenters. The number of halogens is 2. The first kappa shape index (κ1) is 31.4. The van der Waals surface area contributed by atoms with Gasteiger partial charge in [0.05, 0.1) is 35.5 Å². The second-order valence-electron chi connectivity index (χ2n) is 11.3. The first-order valence-electron chi connectivity index (χ1n) is 13.9. The molecular formula is C30H33ClFN7O4S. The fourth-order valence-corrected chi connectivity index (χ4v) is 6.37. The maximum atomic E-state index is 15.6. The average Bonchev–Trinajstić information content (AvgIpc) is 3.16. The Bertz CT molecular complexity index is 1840. The molecule has 1 spiro atoms. The van der Waals surface area contributed by atoms with E-state index in [0.717, 1.165) is 17.5 Å². The Hall–Kier alpha value is -4.07. The summed E-state index contributed by atoms with van der Waals surface area (Å²) in [4.78, 5) is 30.4. The van der Waals surface area contributed by atoms with Crippen LogP contribution in [0.3, 0.4) is 0 Å². The third-order valence-corrected chi connectivity index (χ3v) is 8.36. The van der Waals surface area contributed by atoms with Gasteiger partial charge in [0.1, 0.15) is 23.5 Å². The highest BCUT2D eigenvalue weighted by Gasteiger charge is 2.58. The predicted molar refractivity (Wildman–Crippen MR) is 171 cm³/mol. The number of carbonyl (C=O) groups excluding carboxylic acids is 1. The lowest BCUT2D eigenvalue weighted by atomic mass is 9.73. The molecule has 1 aromatic carbocycles. The molecule has 2 aliphatic heterocycles. The number of fused-ring (bicyclic) bond motifs is 4. The summed E-state index contributed by atoms with van der Waals surface area (Å²) in [6, 6.07) is 8.57. The maximum absolute atomic E-state index is 15.6. The van der Waals surface area contributed by atoms with Crippen LogP contribution in [0.15, 0.2) is 55.1 Å². The molecule has 0 aliphatic carbocycles. The van der Waals surface area contributed by atoms with Gasteiger partial charge in [-0.25, -0.2) is 17.8 Å². The van der Waals surface area contributed by atoms with Crippen LogP contribution in [0.4, 0.5) is 21.5 Å². The van der Waals surface area contributed by atoms with Crippen molar-refractivity contribution >= 4 is 56.3 Å². The number of nitrogens with one attached hydrogen (secondary N) is 2. The average molecular weight is 642 g/mol. The van der Waals surface area contributed by atoms with Crippen molar-refractivity contribution in [3.8, 4) is 17.0 Å². The summed E-state index contributed by atoms with van der Waals surface area (Å²) in [6.07, 6.45) is 7.55. The molecule has 2 N–H and O–H groups in total. The van der Waals surface area contributed by atoms with Crippen LogP contribution in [0.1, 0.15) is 19.4 Å². The minimum atomic E-state index is -3.69. The summed E-state index contributed by atoms with van der Waals surface area (Å²) in [6.45, 7) is 5.69. The standard InChI is InChI=1S/C30H32FN7O4S.ClH/c1-18(2)33-8-9-42-28-25(36-43(4,40)41)10-19(13-35-28)21-11-22-24(12-23(21)31)34-15-26-27(22)30(29(39)37(26)3)16-38(17-30)20-6-5-7-32-14-20;/h5-7,10-15,18,33,36H,8-9,16-17H2,1-4H3;1H. The molecule has 6 rings (SSSR count). The number of rotatable bonds is 9. The van der Waals surface area contributed by atoms with Crippen LogP contribution in [-0.4, -0.2) is 74.9 Å². The lowest BCUT2D eigenvalue weighted by molar-refractivity contribution is -0.123. The van der Waals surface area contributed by atoms with Gasteiger partial charge in [0.2, 0.25) is 21.8 Å². The van der Waals surface area contributed by atoms with Gasteiger partial charge in [0.15, 0.2) is 0 Å².